The lowest BCUT2D eigenvalue weighted by Crippen LogP contribution is -2.31. The molecule has 3 aromatic rings. The van der Waals surface area contributed by atoms with E-state index in [9.17, 15) is 15.0 Å². The lowest BCUT2D eigenvalue weighted by molar-refractivity contribution is -0.0676. The molecule has 2 aliphatic rings. The predicted octanol–water partition coefficient (Wildman–Crippen LogP) is 3.31. The standard InChI is InChI=1S/C25H26ClFN4O4/c1-24(34,16-9-29-30(2)11-16)15-7-19-21(20(27)8-15)23(35-14-25(13-32)5-6-25)31(22(19)33)12-18-4-3-17(26)10-28-18/h3-4,7-11,23,32,34H,5-6,12-14H2,1-2H3. The number of fused-ring (bicyclic) bond motifs is 1. The van der Waals surface area contributed by atoms with Crippen LogP contribution < -0.4 is 0 Å². The highest BCUT2D eigenvalue weighted by molar-refractivity contribution is 6.30. The fraction of sp³-hybridized carbons (Fsp3) is 0.400. The van der Waals surface area contributed by atoms with Gasteiger partial charge in [0.1, 0.15) is 11.4 Å². The number of benzene rings is 1. The van der Waals surface area contributed by atoms with E-state index in [0.717, 1.165) is 12.8 Å². The molecule has 8 nitrogen and oxygen atoms in total. The summed E-state index contributed by atoms with van der Waals surface area (Å²) in [5.74, 6) is -1.08. The Bertz CT molecular complexity index is 1270. The Morgan fingerprint density at radius 2 is 2.06 bits per heavy atom. The molecule has 184 valence electrons. The van der Waals surface area contributed by atoms with Gasteiger partial charge < -0.3 is 19.8 Å². The van der Waals surface area contributed by atoms with Gasteiger partial charge in [0.15, 0.2) is 6.23 Å². The first kappa shape index (κ1) is 23.9. The number of nitrogens with zero attached hydrogens (tertiary/aromatic N) is 4. The molecule has 2 N–H and O–H groups in total. The number of aromatic nitrogens is 3. The summed E-state index contributed by atoms with van der Waals surface area (Å²) in [4.78, 5) is 19.2. The summed E-state index contributed by atoms with van der Waals surface area (Å²) in [6, 6.07) is 6.11. The molecule has 1 amide bonds. The minimum absolute atomic E-state index is 0.0331. The lowest BCUT2D eigenvalue weighted by Gasteiger charge is -2.27. The van der Waals surface area contributed by atoms with Crippen molar-refractivity contribution in [3.8, 4) is 0 Å². The summed E-state index contributed by atoms with van der Waals surface area (Å²) in [6.45, 7) is 1.77. The highest BCUT2D eigenvalue weighted by Gasteiger charge is 2.47. The molecule has 35 heavy (non-hydrogen) atoms. The Morgan fingerprint density at radius 3 is 2.66 bits per heavy atom. The average molecular weight is 501 g/mol. The van der Waals surface area contributed by atoms with Gasteiger partial charge in [-0.2, -0.15) is 5.10 Å². The SMILES string of the molecule is Cn1cc(C(C)(O)c2cc(F)c3c(c2)C(=O)N(Cc2ccc(Cl)cn2)C3OCC2(CO)CC2)cn1. The molecule has 1 aromatic carbocycles. The Hall–Kier alpha value is -2.85. The summed E-state index contributed by atoms with van der Waals surface area (Å²) in [6.07, 6.45) is 5.25. The zero-order chi connectivity index (χ0) is 25.0. The third-order valence-corrected chi connectivity index (χ3v) is 7.16. The maximum Gasteiger partial charge on any atom is 0.257 e. The second-order valence-electron chi connectivity index (χ2n) is 9.62. The van der Waals surface area contributed by atoms with Crippen LogP contribution in [0.3, 0.4) is 0 Å². The summed E-state index contributed by atoms with van der Waals surface area (Å²) >= 11 is 5.94. The predicted molar refractivity (Wildman–Crippen MR) is 125 cm³/mol. The number of aryl methyl sites for hydroxylation is 1. The second kappa shape index (κ2) is 8.67. The number of carbonyl (C=O) groups excluding carboxylic acids is 1. The number of pyridine rings is 1. The molecule has 1 aliphatic heterocycles. The third-order valence-electron chi connectivity index (χ3n) is 6.94. The first-order valence-electron chi connectivity index (χ1n) is 11.3. The number of halogens is 2. The molecule has 1 saturated carbocycles. The first-order valence-corrected chi connectivity index (χ1v) is 11.7. The Labute approximate surface area is 206 Å². The van der Waals surface area contributed by atoms with Crippen LogP contribution in [0.15, 0.2) is 42.9 Å². The van der Waals surface area contributed by atoms with Gasteiger partial charge in [-0.25, -0.2) is 4.39 Å². The zero-order valence-corrected chi connectivity index (χ0v) is 20.2. The number of rotatable bonds is 8. The van der Waals surface area contributed by atoms with Gasteiger partial charge in [-0.15, -0.1) is 0 Å². The maximum atomic E-state index is 15.6. The van der Waals surface area contributed by atoms with Gasteiger partial charge in [0.05, 0.1) is 42.2 Å². The van der Waals surface area contributed by atoms with Gasteiger partial charge in [-0.05, 0) is 49.6 Å². The van der Waals surface area contributed by atoms with Crippen LogP contribution in [0.25, 0.3) is 0 Å². The summed E-state index contributed by atoms with van der Waals surface area (Å²) < 4.78 is 23.3. The van der Waals surface area contributed by atoms with Crippen molar-refractivity contribution in [2.24, 2.45) is 12.5 Å². The molecule has 1 fully saturated rings. The van der Waals surface area contributed by atoms with Crippen LogP contribution in [-0.2, 0) is 23.9 Å². The van der Waals surface area contributed by atoms with Crippen LogP contribution in [0.2, 0.25) is 5.02 Å². The molecule has 2 unspecified atom stereocenters. The van der Waals surface area contributed by atoms with E-state index in [2.05, 4.69) is 10.1 Å². The van der Waals surface area contributed by atoms with E-state index in [-0.39, 0.29) is 41.9 Å². The van der Waals surface area contributed by atoms with Gasteiger partial charge in [0.25, 0.3) is 5.91 Å². The summed E-state index contributed by atoms with van der Waals surface area (Å²) in [5, 5.41) is 25.5. The normalized spacial score (nSPS) is 20.1. The van der Waals surface area contributed by atoms with Crippen molar-refractivity contribution >= 4 is 17.5 Å². The van der Waals surface area contributed by atoms with E-state index < -0.39 is 23.6 Å². The average Bonchev–Trinajstić information content (AvgIpc) is 3.40. The van der Waals surface area contributed by atoms with E-state index in [1.54, 1.807) is 25.4 Å². The van der Waals surface area contributed by atoms with E-state index in [1.807, 2.05) is 0 Å². The number of ether oxygens (including phenoxy) is 1. The van der Waals surface area contributed by atoms with Gasteiger partial charge in [-0.3, -0.25) is 14.5 Å². The van der Waals surface area contributed by atoms with Crippen molar-refractivity contribution in [2.45, 2.75) is 38.1 Å². The number of hydrogen-bond donors (Lipinski definition) is 2. The molecule has 2 aromatic heterocycles. The van der Waals surface area contributed by atoms with Crippen molar-refractivity contribution in [2.75, 3.05) is 13.2 Å². The van der Waals surface area contributed by atoms with Crippen LogP contribution in [0.1, 0.15) is 58.7 Å². The Balaban J connectivity index is 1.53. The van der Waals surface area contributed by atoms with Crippen LogP contribution in [0.4, 0.5) is 4.39 Å². The second-order valence-corrected chi connectivity index (χ2v) is 10.1. The highest BCUT2D eigenvalue weighted by Crippen LogP contribution is 2.48. The number of hydrogen-bond acceptors (Lipinski definition) is 6. The minimum atomic E-state index is -1.57. The Morgan fingerprint density at radius 1 is 1.29 bits per heavy atom. The van der Waals surface area contributed by atoms with Crippen molar-refractivity contribution in [3.05, 3.63) is 81.6 Å². The van der Waals surface area contributed by atoms with Crippen molar-refractivity contribution in [3.63, 3.8) is 0 Å². The molecule has 0 saturated heterocycles. The van der Waals surface area contributed by atoms with Crippen molar-refractivity contribution in [1.82, 2.24) is 19.7 Å². The monoisotopic (exact) mass is 500 g/mol. The Kier molecular flexibility index (Phi) is 5.91. The van der Waals surface area contributed by atoms with E-state index >= 15 is 4.39 Å². The molecule has 1 aliphatic carbocycles. The number of amides is 1. The molecule has 2 atom stereocenters. The largest absolute Gasteiger partial charge is 0.396 e. The molecule has 0 bridgehead atoms. The molecule has 5 rings (SSSR count). The third kappa shape index (κ3) is 4.33. The molecule has 0 radical (unpaired) electrons. The topological polar surface area (TPSA) is 101 Å². The van der Waals surface area contributed by atoms with Gasteiger partial charge in [-0.1, -0.05) is 11.6 Å². The fourth-order valence-electron chi connectivity index (χ4n) is 4.37. The maximum absolute atomic E-state index is 15.6. The quantitative estimate of drug-likeness (QED) is 0.492. The van der Waals surface area contributed by atoms with Gasteiger partial charge in [0.2, 0.25) is 0 Å². The minimum Gasteiger partial charge on any atom is -0.396 e. The molecule has 0 spiro atoms. The van der Waals surface area contributed by atoms with Crippen molar-refractivity contribution < 1.29 is 24.1 Å². The van der Waals surface area contributed by atoms with E-state index in [1.165, 1.54) is 41.0 Å². The van der Waals surface area contributed by atoms with Crippen LogP contribution in [0, 0.1) is 11.2 Å². The zero-order valence-electron chi connectivity index (χ0n) is 19.4. The highest BCUT2D eigenvalue weighted by atomic mass is 35.5. The number of aliphatic hydroxyl groups excluding tert-OH is 1. The van der Waals surface area contributed by atoms with Crippen LogP contribution in [0.5, 0.6) is 0 Å². The fourth-order valence-corrected chi connectivity index (χ4v) is 4.48. The first-order chi connectivity index (χ1) is 16.6. The summed E-state index contributed by atoms with van der Waals surface area (Å²) in [7, 11) is 1.72. The molecular weight excluding hydrogens is 475 g/mol. The molecule has 3 heterocycles. The van der Waals surface area contributed by atoms with Gasteiger partial charge >= 0.3 is 0 Å². The molecule has 10 heteroatoms. The van der Waals surface area contributed by atoms with Crippen LogP contribution >= 0.6 is 11.6 Å². The van der Waals surface area contributed by atoms with E-state index in [0.29, 0.717) is 16.3 Å². The van der Waals surface area contributed by atoms with E-state index in [4.69, 9.17) is 16.3 Å². The number of aliphatic hydroxyl groups is 2. The smallest absolute Gasteiger partial charge is 0.257 e. The molecular formula is C25H26ClFN4O4. The lowest BCUT2D eigenvalue weighted by atomic mass is 9.88. The van der Waals surface area contributed by atoms with Gasteiger partial charge in [0, 0.05) is 36.0 Å². The van der Waals surface area contributed by atoms with Crippen molar-refractivity contribution in [1.29, 1.82) is 0 Å². The summed E-state index contributed by atoms with van der Waals surface area (Å²) in [5.41, 5.74) is -0.416. The van der Waals surface area contributed by atoms with Crippen LogP contribution in [-0.4, -0.2) is 49.0 Å². The number of carbonyl (C=O) groups is 1.